The van der Waals surface area contributed by atoms with E-state index < -0.39 is 17.0 Å². The highest BCUT2D eigenvalue weighted by molar-refractivity contribution is 8.18. The van der Waals surface area contributed by atoms with Crippen molar-refractivity contribution in [1.82, 2.24) is 9.80 Å². The summed E-state index contributed by atoms with van der Waals surface area (Å²) < 4.78 is 18.5. The van der Waals surface area contributed by atoms with Crippen LogP contribution in [0.25, 0.3) is 6.08 Å². The third-order valence-electron chi connectivity index (χ3n) is 5.89. The van der Waals surface area contributed by atoms with Crippen molar-refractivity contribution in [3.63, 3.8) is 0 Å². The van der Waals surface area contributed by atoms with Gasteiger partial charge in [-0.1, -0.05) is 24.3 Å². The maximum Gasteiger partial charge on any atom is 0.310 e. The molecule has 0 aliphatic carbocycles. The molecule has 0 spiro atoms. The average molecular weight is 497 g/mol. The summed E-state index contributed by atoms with van der Waals surface area (Å²) in [6.07, 6.45) is 3.04. The Balaban J connectivity index is 1.42. The lowest BCUT2D eigenvalue weighted by Crippen LogP contribution is -2.42. The molecule has 35 heavy (non-hydrogen) atoms. The van der Waals surface area contributed by atoms with Gasteiger partial charge in [0.15, 0.2) is 0 Å². The Morgan fingerprint density at radius 1 is 1.17 bits per heavy atom. The van der Waals surface area contributed by atoms with E-state index in [1.165, 1.54) is 18.2 Å². The summed E-state index contributed by atoms with van der Waals surface area (Å²) in [5.74, 6) is -1.62. The third-order valence-corrected chi connectivity index (χ3v) is 6.79. The third kappa shape index (κ3) is 5.79. The van der Waals surface area contributed by atoms with Crippen molar-refractivity contribution in [2.45, 2.75) is 26.3 Å². The maximum atomic E-state index is 13.4. The number of hydrogen-bond donors (Lipinski definition) is 0. The van der Waals surface area contributed by atoms with Gasteiger partial charge in [-0.25, -0.2) is 4.39 Å². The number of imide groups is 1. The van der Waals surface area contributed by atoms with Gasteiger partial charge in [-0.15, -0.1) is 0 Å². The van der Waals surface area contributed by atoms with Crippen LogP contribution in [0.4, 0.5) is 9.18 Å². The zero-order valence-electron chi connectivity index (χ0n) is 19.2. The Kier molecular flexibility index (Phi) is 7.65. The van der Waals surface area contributed by atoms with Gasteiger partial charge < -0.3 is 9.64 Å². The van der Waals surface area contributed by atoms with Crippen LogP contribution in [0, 0.1) is 11.7 Å². The van der Waals surface area contributed by atoms with Crippen molar-refractivity contribution in [2.75, 3.05) is 19.7 Å². The van der Waals surface area contributed by atoms with Crippen molar-refractivity contribution in [3.8, 4) is 0 Å². The first kappa shape index (κ1) is 24.7. The first-order chi connectivity index (χ1) is 16.9. The molecule has 0 N–H and O–H groups in total. The van der Waals surface area contributed by atoms with Gasteiger partial charge in [0, 0.05) is 18.7 Å². The van der Waals surface area contributed by atoms with Crippen molar-refractivity contribution in [2.24, 2.45) is 5.92 Å². The molecule has 0 saturated carbocycles. The van der Waals surface area contributed by atoms with Gasteiger partial charge in [-0.3, -0.25) is 24.1 Å². The van der Waals surface area contributed by atoms with E-state index in [0.717, 1.165) is 23.1 Å². The number of amides is 3. The van der Waals surface area contributed by atoms with Crippen molar-refractivity contribution in [3.05, 3.63) is 75.9 Å². The molecule has 2 aliphatic rings. The lowest BCUT2D eigenvalue weighted by Gasteiger charge is -2.31. The second-order valence-electron chi connectivity index (χ2n) is 8.36. The second kappa shape index (κ2) is 10.9. The quantitative estimate of drug-likeness (QED) is 0.433. The number of halogens is 1. The minimum absolute atomic E-state index is 0.00413. The van der Waals surface area contributed by atoms with Crippen molar-refractivity contribution >= 4 is 40.9 Å². The number of ether oxygens (including phenoxy) is 1. The Labute approximate surface area is 206 Å². The molecule has 2 saturated heterocycles. The SMILES string of the molecule is CCOC(=O)C1CCCN(C(=O)c2ccc(C=C3SC(=O)N(Cc4cccc(F)c4)C3=O)cc2)C1. The Bertz CT molecular complexity index is 1180. The first-order valence-electron chi connectivity index (χ1n) is 11.4. The number of thioether (sulfide) groups is 1. The van der Waals surface area contributed by atoms with Crippen LogP contribution in [0.2, 0.25) is 0 Å². The number of carbonyl (C=O) groups is 4. The van der Waals surface area contributed by atoms with Crippen LogP contribution in [0.15, 0.2) is 53.4 Å². The Morgan fingerprint density at radius 3 is 2.66 bits per heavy atom. The smallest absolute Gasteiger partial charge is 0.310 e. The van der Waals surface area contributed by atoms with E-state index in [1.54, 1.807) is 48.2 Å². The second-order valence-corrected chi connectivity index (χ2v) is 9.36. The molecular weight excluding hydrogens is 471 g/mol. The molecule has 0 bridgehead atoms. The van der Waals surface area contributed by atoms with E-state index in [2.05, 4.69) is 0 Å². The summed E-state index contributed by atoms with van der Waals surface area (Å²) in [6.45, 7) is 2.98. The highest BCUT2D eigenvalue weighted by Gasteiger charge is 2.35. The number of piperidine rings is 1. The van der Waals surface area contributed by atoms with Gasteiger partial charge in [-0.2, -0.15) is 0 Å². The molecule has 9 heteroatoms. The van der Waals surface area contributed by atoms with Gasteiger partial charge in [0.05, 0.1) is 24.0 Å². The van der Waals surface area contributed by atoms with Crippen LogP contribution in [0.3, 0.4) is 0 Å². The largest absolute Gasteiger partial charge is 0.466 e. The molecule has 0 aromatic heterocycles. The highest BCUT2D eigenvalue weighted by atomic mass is 32.2. The topological polar surface area (TPSA) is 84.0 Å². The van der Waals surface area contributed by atoms with E-state index in [4.69, 9.17) is 4.74 Å². The number of likely N-dealkylation sites (tertiary alicyclic amines) is 1. The number of rotatable bonds is 6. The molecule has 7 nitrogen and oxygen atoms in total. The van der Waals surface area contributed by atoms with Gasteiger partial charge in [-0.05, 0) is 73.0 Å². The molecule has 2 aromatic rings. The standard InChI is InChI=1S/C26H25FN2O5S/c1-2-34-25(32)20-6-4-12-28(16-20)23(30)19-10-8-17(9-11-19)14-22-24(31)29(26(33)35-22)15-18-5-3-7-21(27)13-18/h3,5,7-11,13-14,20H,2,4,6,12,15-16H2,1H3. The fraction of sp³-hybridized carbons (Fsp3) is 0.308. The molecule has 0 radical (unpaired) electrons. The lowest BCUT2D eigenvalue weighted by atomic mass is 9.97. The van der Waals surface area contributed by atoms with E-state index in [1.807, 2.05) is 0 Å². The molecule has 182 valence electrons. The summed E-state index contributed by atoms with van der Waals surface area (Å²) in [7, 11) is 0. The minimum Gasteiger partial charge on any atom is -0.466 e. The van der Waals surface area contributed by atoms with E-state index in [0.29, 0.717) is 42.8 Å². The zero-order valence-corrected chi connectivity index (χ0v) is 20.1. The fourth-order valence-corrected chi connectivity index (χ4v) is 4.96. The van der Waals surface area contributed by atoms with E-state index >= 15 is 0 Å². The normalized spacial score (nSPS) is 19.4. The summed E-state index contributed by atoms with van der Waals surface area (Å²) >= 11 is 0.826. The number of carbonyl (C=O) groups excluding carboxylic acids is 4. The van der Waals surface area contributed by atoms with Crippen LogP contribution < -0.4 is 0 Å². The lowest BCUT2D eigenvalue weighted by molar-refractivity contribution is -0.149. The summed E-state index contributed by atoms with van der Waals surface area (Å²) in [5, 5.41) is -0.418. The van der Waals surface area contributed by atoms with Gasteiger partial charge in [0.1, 0.15) is 5.82 Å². The predicted molar refractivity (Wildman–Crippen MR) is 130 cm³/mol. The summed E-state index contributed by atoms with van der Waals surface area (Å²) in [6, 6.07) is 12.5. The summed E-state index contributed by atoms with van der Waals surface area (Å²) in [4.78, 5) is 53.1. The monoisotopic (exact) mass is 496 g/mol. The van der Waals surface area contributed by atoms with Crippen molar-refractivity contribution in [1.29, 1.82) is 0 Å². The van der Waals surface area contributed by atoms with Gasteiger partial charge in [0.25, 0.3) is 17.1 Å². The van der Waals surface area contributed by atoms with Crippen molar-refractivity contribution < 1.29 is 28.3 Å². The molecule has 4 rings (SSSR count). The number of nitrogens with zero attached hydrogens (tertiary/aromatic N) is 2. The average Bonchev–Trinajstić information content (AvgIpc) is 3.11. The number of esters is 1. The van der Waals surface area contributed by atoms with Gasteiger partial charge in [0.2, 0.25) is 0 Å². The summed E-state index contributed by atoms with van der Waals surface area (Å²) in [5.41, 5.74) is 1.67. The van der Waals surface area contributed by atoms with E-state index in [9.17, 15) is 23.6 Å². The molecule has 2 aromatic carbocycles. The minimum atomic E-state index is -0.442. The maximum absolute atomic E-state index is 13.4. The Morgan fingerprint density at radius 2 is 1.94 bits per heavy atom. The molecule has 2 heterocycles. The van der Waals surface area contributed by atoms with Crippen LogP contribution in [-0.2, 0) is 20.9 Å². The predicted octanol–water partition coefficient (Wildman–Crippen LogP) is 4.48. The molecule has 2 fully saturated rings. The number of benzene rings is 2. The molecular formula is C26H25FN2O5S. The first-order valence-corrected chi connectivity index (χ1v) is 12.2. The fourth-order valence-electron chi connectivity index (χ4n) is 4.12. The molecule has 3 amide bonds. The molecule has 1 atom stereocenters. The van der Waals surface area contributed by atoms with Crippen LogP contribution >= 0.6 is 11.8 Å². The Hall–Kier alpha value is -3.46. The molecule has 2 aliphatic heterocycles. The van der Waals surface area contributed by atoms with Crippen LogP contribution in [0.1, 0.15) is 41.3 Å². The highest BCUT2D eigenvalue weighted by Crippen LogP contribution is 2.33. The molecule has 1 unspecified atom stereocenters. The zero-order chi connectivity index (χ0) is 24.9. The van der Waals surface area contributed by atoms with E-state index in [-0.39, 0.29) is 29.2 Å². The number of hydrogen-bond acceptors (Lipinski definition) is 6. The van der Waals surface area contributed by atoms with Crippen LogP contribution in [0.5, 0.6) is 0 Å². The van der Waals surface area contributed by atoms with Gasteiger partial charge >= 0.3 is 5.97 Å². The van der Waals surface area contributed by atoms with Crippen LogP contribution in [-0.4, -0.2) is 52.5 Å².